The first-order chi connectivity index (χ1) is 8.36. The fraction of sp³-hybridized carbons (Fsp3) is 0.0714. The van der Waals surface area contributed by atoms with Gasteiger partial charge in [-0.15, -0.1) is 0 Å². The molecule has 1 aromatic carbocycles. The first kappa shape index (κ1) is 10.1. The number of hydrogen-bond acceptors (Lipinski definition) is 2. The summed E-state index contributed by atoms with van der Waals surface area (Å²) < 4.78 is 0. The van der Waals surface area contributed by atoms with Crippen LogP contribution >= 0.6 is 0 Å². The zero-order valence-electron chi connectivity index (χ0n) is 9.17. The van der Waals surface area contributed by atoms with Gasteiger partial charge in [0.2, 0.25) is 0 Å². The summed E-state index contributed by atoms with van der Waals surface area (Å²) in [6, 6.07) is 13.5. The number of para-hydroxylation sites is 1. The van der Waals surface area contributed by atoms with Crippen molar-refractivity contribution in [3.63, 3.8) is 0 Å². The van der Waals surface area contributed by atoms with E-state index in [4.69, 9.17) is 0 Å². The van der Waals surface area contributed by atoms with Gasteiger partial charge in [-0.1, -0.05) is 24.3 Å². The summed E-state index contributed by atoms with van der Waals surface area (Å²) in [6.45, 7) is 0. The molecule has 0 spiro atoms. The molecule has 0 aliphatic rings. The van der Waals surface area contributed by atoms with Gasteiger partial charge in [-0.25, -0.2) is 0 Å². The lowest BCUT2D eigenvalue weighted by Crippen LogP contribution is -2.00. The average molecular weight is 224 g/mol. The van der Waals surface area contributed by atoms with E-state index < -0.39 is 6.10 Å². The van der Waals surface area contributed by atoms with Crippen molar-refractivity contribution in [2.24, 2.45) is 0 Å². The lowest BCUT2D eigenvalue weighted by molar-refractivity contribution is 0.217. The van der Waals surface area contributed by atoms with Gasteiger partial charge < -0.3 is 10.1 Å². The largest absolute Gasteiger partial charge is 0.382 e. The average Bonchev–Trinajstić information content (AvgIpc) is 2.83. The zero-order valence-corrected chi connectivity index (χ0v) is 9.17. The molecule has 0 saturated carbocycles. The van der Waals surface area contributed by atoms with Gasteiger partial charge in [0.25, 0.3) is 0 Å². The minimum absolute atomic E-state index is 0.664. The highest BCUT2D eigenvalue weighted by Gasteiger charge is 2.15. The summed E-state index contributed by atoms with van der Waals surface area (Å²) in [6.07, 6.45) is 2.84. The van der Waals surface area contributed by atoms with Crippen molar-refractivity contribution >= 4 is 10.9 Å². The fourth-order valence-corrected chi connectivity index (χ4v) is 2.02. The lowest BCUT2D eigenvalue weighted by atomic mass is 10.1. The van der Waals surface area contributed by atoms with Crippen molar-refractivity contribution in [2.45, 2.75) is 6.10 Å². The number of rotatable bonds is 2. The predicted molar refractivity (Wildman–Crippen MR) is 66.6 cm³/mol. The highest BCUT2D eigenvalue weighted by Crippen LogP contribution is 2.27. The van der Waals surface area contributed by atoms with E-state index in [0.29, 0.717) is 5.69 Å². The van der Waals surface area contributed by atoms with Crippen LogP contribution in [0.1, 0.15) is 17.4 Å². The van der Waals surface area contributed by atoms with Gasteiger partial charge in [0.15, 0.2) is 0 Å². The minimum Gasteiger partial charge on any atom is -0.382 e. The van der Waals surface area contributed by atoms with Crippen LogP contribution in [0.25, 0.3) is 10.9 Å². The van der Waals surface area contributed by atoms with Crippen LogP contribution in [0.2, 0.25) is 0 Å². The van der Waals surface area contributed by atoms with Gasteiger partial charge in [-0.2, -0.15) is 0 Å². The Hall–Kier alpha value is -2.13. The van der Waals surface area contributed by atoms with Crippen LogP contribution in [0.15, 0.2) is 54.9 Å². The number of fused-ring (bicyclic) bond motifs is 1. The molecule has 3 heteroatoms. The standard InChI is InChI=1S/C14H12N2O/c17-14(13-7-3-4-8-15-13)11-9-16-12-6-2-1-5-10(11)12/h1-9,14,16-17H/t14-/m1/s1. The molecule has 2 heterocycles. The van der Waals surface area contributed by atoms with Crippen molar-refractivity contribution in [2.75, 3.05) is 0 Å². The summed E-state index contributed by atoms with van der Waals surface area (Å²) in [5.74, 6) is 0. The van der Waals surface area contributed by atoms with Gasteiger partial charge in [-0.05, 0) is 18.2 Å². The number of pyridine rings is 1. The molecule has 2 aromatic heterocycles. The lowest BCUT2D eigenvalue weighted by Gasteiger charge is -2.08. The molecule has 0 radical (unpaired) electrons. The molecule has 0 amide bonds. The Balaban J connectivity index is 2.10. The van der Waals surface area contributed by atoms with E-state index >= 15 is 0 Å². The minimum atomic E-state index is -0.688. The Labute approximate surface area is 98.8 Å². The van der Waals surface area contributed by atoms with E-state index in [9.17, 15) is 5.11 Å². The Morgan fingerprint density at radius 2 is 1.88 bits per heavy atom. The van der Waals surface area contributed by atoms with Crippen LogP contribution in [-0.4, -0.2) is 15.1 Å². The molecule has 3 aromatic rings. The third-order valence-corrected chi connectivity index (χ3v) is 2.88. The van der Waals surface area contributed by atoms with Crippen LogP contribution in [0, 0.1) is 0 Å². The molecule has 84 valence electrons. The second-order valence-corrected chi connectivity index (χ2v) is 3.95. The Morgan fingerprint density at radius 1 is 1.06 bits per heavy atom. The third kappa shape index (κ3) is 1.70. The number of nitrogens with one attached hydrogen (secondary N) is 1. The normalized spacial score (nSPS) is 12.8. The Morgan fingerprint density at radius 3 is 2.71 bits per heavy atom. The fourth-order valence-electron chi connectivity index (χ4n) is 2.02. The molecule has 0 aliphatic heterocycles. The van der Waals surface area contributed by atoms with Gasteiger partial charge in [0.05, 0.1) is 5.69 Å². The molecule has 3 rings (SSSR count). The molecule has 1 atom stereocenters. The van der Waals surface area contributed by atoms with E-state index in [1.54, 1.807) is 6.20 Å². The number of hydrogen-bond donors (Lipinski definition) is 2. The van der Waals surface area contributed by atoms with Crippen molar-refractivity contribution in [1.29, 1.82) is 0 Å². The second kappa shape index (κ2) is 4.03. The number of nitrogens with zero attached hydrogens (tertiary/aromatic N) is 1. The number of aromatic amines is 1. The van der Waals surface area contributed by atoms with E-state index in [1.165, 1.54) is 0 Å². The maximum atomic E-state index is 10.3. The SMILES string of the molecule is O[C@@H](c1ccccn1)c1c[nH]c2ccccc12. The summed E-state index contributed by atoms with van der Waals surface area (Å²) >= 11 is 0. The monoisotopic (exact) mass is 224 g/mol. The molecule has 17 heavy (non-hydrogen) atoms. The van der Waals surface area contributed by atoms with Gasteiger partial charge in [0, 0.05) is 28.9 Å². The summed E-state index contributed by atoms with van der Waals surface area (Å²) in [5.41, 5.74) is 2.55. The van der Waals surface area contributed by atoms with Crippen LogP contribution in [-0.2, 0) is 0 Å². The molecule has 3 nitrogen and oxygen atoms in total. The van der Waals surface area contributed by atoms with Crippen molar-refractivity contribution in [3.8, 4) is 0 Å². The van der Waals surface area contributed by atoms with Crippen LogP contribution in [0.5, 0.6) is 0 Å². The zero-order chi connectivity index (χ0) is 11.7. The summed E-state index contributed by atoms with van der Waals surface area (Å²) in [5, 5.41) is 11.3. The molecule has 0 saturated heterocycles. The first-order valence-electron chi connectivity index (χ1n) is 5.51. The topological polar surface area (TPSA) is 48.9 Å². The molecular weight excluding hydrogens is 212 g/mol. The number of aliphatic hydroxyl groups is 1. The molecule has 0 unspecified atom stereocenters. The van der Waals surface area contributed by atoms with Crippen LogP contribution in [0.4, 0.5) is 0 Å². The van der Waals surface area contributed by atoms with Gasteiger partial charge in [0.1, 0.15) is 6.10 Å². The summed E-state index contributed by atoms with van der Waals surface area (Å²) in [7, 11) is 0. The molecule has 0 aliphatic carbocycles. The van der Waals surface area contributed by atoms with Gasteiger partial charge in [-0.3, -0.25) is 4.98 Å². The molecule has 0 bridgehead atoms. The maximum absolute atomic E-state index is 10.3. The third-order valence-electron chi connectivity index (χ3n) is 2.88. The first-order valence-corrected chi connectivity index (χ1v) is 5.51. The number of H-pyrrole nitrogens is 1. The molecule has 2 N–H and O–H groups in total. The molecular formula is C14H12N2O. The number of benzene rings is 1. The van der Waals surface area contributed by atoms with Crippen molar-refractivity contribution < 1.29 is 5.11 Å². The van der Waals surface area contributed by atoms with E-state index in [-0.39, 0.29) is 0 Å². The van der Waals surface area contributed by atoms with E-state index in [0.717, 1.165) is 16.5 Å². The quantitative estimate of drug-likeness (QED) is 0.703. The van der Waals surface area contributed by atoms with E-state index in [2.05, 4.69) is 9.97 Å². The Bertz CT molecular complexity index is 631. The summed E-state index contributed by atoms with van der Waals surface area (Å²) in [4.78, 5) is 7.33. The second-order valence-electron chi connectivity index (χ2n) is 3.95. The van der Waals surface area contributed by atoms with E-state index in [1.807, 2.05) is 48.7 Å². The van der Waals surface area contributed by atoms with Crippen LogP contribution < -0.4 is 0 Å². The predicted octanol–water partition coefficient (Wildman–Crippen LogP) is 2.64. The smallest absolute Gasteiger partial charge is 0.123 e. The van der Waals surface area contributed by atoms with Crippen LogP contribution in [0.3, 0.4) is 0 Å². The maximum Gasteiger partial charge on any atom is 0.123 e. The molecule has 0 fully saturated rings. The van der Waals surface area contributed by atoms with Gasteiger partial charge >= 0.3 is 0 Å². The highest BCUT2D eigenvalue weighted by molar-refractivity contribution is 5.83. The van der Waals surface area contributed by atoms with Crippen molar-refractivity contribution in [3.05, 3.63) is 66.1 Å². The Kier molecular flexibility index (Phi) is 2.38. The highest BCUT2D eigenvalue weighted by atomic mass is 16.3. The van der Waals surface area contributed by atoms with Crippen molar-refractivity contribution in [1.82, 2.24) is 9.97 Å². The number of aromatic nitrogens is 2. The number of aliphatic hydroxyl groups excluding tert-OH is 1.